The van der Waals surface area contributed by atoms with Gasteiger partial charge in [-0.05, 0) is 12.1 Å². The highest BCUT2D eigenvalue weighted by Crippen LogP contribution is 2.15. The summed E-state index contributed by atoms with van der Waals surface area (Å²) in [6.45, 7) is 4.39. The van der Waals surface area contributed by atoms with Gasteiger partial charge < -0.3 is 15.2 Å². The lowest BCUT2D eigenvalue weighted by Gasteiger charge is -2.20. The summed E-state index contributed by atoms with van der Waals surface area (Å²) in [5.41, 5.74) is 0. The van der Waals surface area contributed by atoms with Crippen LogP contribution >= 0.6 is 0 Å². The molecule has 0 saturated carbocycles. The van der Waals surface area contributed by atoms with Crippen molar-refractivity contribution in [1.82, 2.24) is 10.0 Å². The third kappa shape index (κ3) is 4.24. The zero-order chi connectivity index (χ0) is 15.5. The van der Waals surface area contributed by atoms with Crippen molar-refractivity contribution < 1.29 is 18.3 Å². The van der Waals surface area contributed by atoms with Gasteiger partial charge in [-0.15, -0.1) is 0 Å². The predicted molar refractivity (Wildman–Crippen MR) is 79.4 cm³/mol. The molecule has 118 valence electrons. The Morgan fingerprint density at radius 1 is 1.33 bits per heavy atom. The van der Waals surface area contributed by atoms with Crippen LogP contribution in [0.1, 0.15) is 13.8 Å². The van der Waals surface area contributed by atoms with E-state index in [0.29, 0.717) is 6.61 Å². The second-order valence-corrected chi connectivity index (χ2v) is 7.22. The zero-order valence-electron chi connectivity index (χ0n) is 12.2. The first kappa shape index (κ1) is 16.4. The summed E-state index contributed by atoms with van der Waals surface area (Å²) in [6, 6.07) is 8.19. The van der Waals surface area contributed by atoms with Crippen molar-refractivity contribution in [3.05, 3.63) is 30.3 Å². The third-order valence-electron chi connectivity index (χ3n) is 3.36. The van der Waals surface area contributed by atoms with Gasteiger partial charge in [0, 0.05) is 12.6 Å². The van der Waals surface area contributed by atoms with E-state index in [1.165, 1.54) is 12.1 Å². The van der Waals surface area contributed by atoms with Gasteiger partial charge in [-0.3, -0.25) is 0 Å². The molecule has 1 fully saturated rings. The maximum Gasteiger partial charge on any atom is 0.240 e. The second kappa shape index (κ2) is 6.85. The van der Waals surface area contributed by atoms with Crippen LogP contribution in [0.2, 0.25) is 0 Å². The molecule has 3 N–H and O–H groups in total. The van der Waals surface area contributed by atoms with E-state index in [0.717, 1.165) is 0 Å². The molecule has 1 aromatic rings. The van der Waals surface area contributed by atoms with Crippen LogP contribution in [-0.2, 0) is 14.8 Å². The molecule has 21 heavy (non-hydrogen) atoms. The summed E-state index contributed by atoms with van der Waals surface area (Å²) >= 11 is 0. The molecule has 1 heterocycles. The number of hydrogen-bond donors (Lipinski definition) is 3. The molecule has 2 rings (SSSR count). The molecule has 0 spiro atoms. The summed E-state index contributed by atoms with van der Waals surface area (Å²) in [5.74, 6) is 0. The van der Waals surface area contributed by atoms with Crippen molar-refractivity contribution in [1.29, 1.82) is 0 Å². The van der Waals surface area contributed by atoms with Crippen molar-refractivity contribution in [2.24, 2.45) is 0 Å². The largest absolute Gasteiger partial charge is 0.389 e. The molecule has 0 radical (unpaired) electrons. The van der Waals surface area contributed by atoms with Crippen LogP contribution in [0.25, 0.3) is 0 Å². The maximum atomic E-state index is 12.1. The van der Waals surface area contributed by atoms with Crippen molar-refractivity contribution in [3.63, 3.8) is 0 Å². The second-order valence-electron chi connectivity index (χ2n) is 5.46. The number of aliphatic hydroxyl groups is 1. The van der Waals surface area contributed by atoms with E-state index >= 15 is 0 Å². The number of hydrogen-bond acceptors (Lipinski definition) is 5. The molecular formula is C14H22N2O4S. The van der Waals surface area contributed by atoms with Crippen molar-refractivity contribution in [2.45, 2.75) is 43.0 Å². The molecule has 1 saturated heterocycles. The van der Waals surface area contributed by atoms with Crippen molar-refractivity contribution in [2.75, 3.05) is 13.2 Å². The normalized spacial score (nSPS) is 26.4. The molecular weight excluding hydrogens is 292 g/mol. The van der Waals surface area contributed by atoms with Gasteiger partial charge in [0.1, 0.15) is 0 Å². The van der Waals surface area contributed by atoms with Gasteiger partial charge in [-0.25, -0.2) is 13.1 Å². The van der Waals surface area contributed by atoms with Gasteiger partial charge in [0.05, 0.1) is 29.8 Å². The molecule has 7 heteroatoms. The molecule has 1 aliphatic heterocycles. The van der Waals surface area contributed by atoms with E-state index < -0.39 is 22.2 Å². The van der Waals surface area contributed by atoms with Crippen LogP contribution in [0.3, 0.4) is 0 Å². The summed E-state index contributed by atoms with van der Waals surface area (Å²) in [5, 5.41) is 13.3. The first-order valence-corrected chi connectivity index (χ1v) is 8.49. The minimum Gasteiger partial charge on any atom is -0.389 e. The van der Waals surface area contributed by atoms with Gasteiger partial charge in [0.25, 0.3) is 0 Å². The minimum atomic E-state index is -3.57. The SMILES string of the molecule is CC(C)NC1COC(CNS(=O)(=O)c2ccccc2)C1O. The van der Waals surface area contributed by atoms with E-state index in [-0.39, 0.29) is 23.5 Å². The van der Waals surface area contributed by atoms with Gasteiger partial charge in [0.15, 0.2) is 0 Å². The number of sulfonamides is 1. The topological polar surface area (TPSA) is 87.7 Å². The predicted octanol–water partition coefficient (Wildman–Crippen LogP) is 0.0912. The summed E-state index contributed by atoms with van der Waals surface area (Å²) < 4.78 is 32.1. The Bertz CT molecular complexity index is 547. The number of benzene rings is 1. The smallest absolute Gasteiger partial charge is 0.240 e. The van der Waals surface area contributed by atoms with E-state index in [1.807, 2.05) is 13.8 Å². The standard InChI is InChI=1S/C14H22N2O4S/c1-10(2)16-12-9-20-13(14(12)17)8-15-21(18,19)11-6-4-3-5-7-11/h3-7,10,12-17H,8-9H2,1-2H3. The van der Waals surface area contributed by atoms with E-state index in [4.69, 9.17) is 4.74 Å². The maximum absolute atomic E-state index is 12.1. The highest BCUT2D eigenvalue weighted by molar-refractivity contribution is 7.89. The molecule has 0 aromatic heterocycles. The fourth-order valence-electron chi connectivity index (χ4n) is 2.31. The zero-order valence-corrected chi connectivity index (χ0v) is 13.0. The third-order valence-corrected chi connectivity index (χ3v) is 4.80. The Balaban J connectivity index is 1.92. The summed E-state index contributed by atoms with van der Waals surface area (Å²) in [7, 11) is -3.57. The van der Waals surface area contributed by atoms with Gasteiger partial charge in [-0.2, -0.15) is 0 Å². The first-order chi connectivity index (χ1) is 9.90. The Morgan fingerprint density at radius 3 is 2.62 bits per heavy atom. The number of ether oxygens (including phenoxy) is 1. The summed E-state index contributed by atoms with van der Waals surface area (Å²) in [4.78, 5) is 0.203. The lowest BCUT2D eigenvalue weighted by Crippen LogP contribution is -2.46. The molecule has 1 aromatic carbocycles. The minimum absolute atomic E-state index is 0.0503. The van der Waals surface area contributed by atoms with Crippen LogP contribution in [0.4, 0.5) is 0 Å². The monoisotopic (exact) mass is 314 g/mol. The van der Waals surface area contributed by atoms with Crippen molar-refractivity contribution in [3.8, 4) is 0 Å². The summed E-state index contributed by atoms with van der Waals surface area (Å²) in [6.07, 6.45) is -1.27. The Morgan fingerprint density at radius 2 is 2.00 bits per heavy atom. The van der Waals surface area contributed by atoms with E-state index in [1.54, 1.807) is 18.2 Å². The Hall–Kier alpha value is -0.990. The van der Waals surface area contributed by atoms with Crippen LogP contribution in [0, 0.1) is 0 Å². The number of aliphatic hydroxyl groups excluding tert-OH is 1. The molecule has 3 atom stereocenters. The highest BCUT2D eigenvalue weighted by atomic mass is 32.2. The average molecular weight is 314 g/mol. The average Bonchev–Trinajstić information content (AvgIpc) is 2.78. The highest BCUT2D eigenvalue weighted by Gasteiger charge is 2.36. The Kier molecular flexibility index (Phi) is 5.34. The van der Waals surface area contributed by atoms with Gasteiger partial charge >= 0.3 is 0 Å². The molecule has 3 unspecified atom stereocenters. The van der Waals surface area contributed by atoms with Crippen LogP contribution in [-0.4, -0.2) is 51.0 Å². The van der Waals surface area contributed by atoms with Gasteiger partial charge in [0.2, 0.25) is 10.0 Å². The number of rotatable bonds is 6. The molecule has 0 amide bonds. The van der Waals surface area contributed by atoms with Crippen LogP contribution in [0.15, 0.2) is 35.2 Å². The first-order valence-electron chi connectivity index (χ1n) is 7.00. The number of nitrogens with one attached hydrogen (secondary N) is 2. The van der Waals surface area contributed by atoms with Gasteiger partial charge in [-0.1, -0.05) is 32.0 Å². The lowest BCUT2D eigenvalue weighted by molar-refractivity contribution is 0.0441. The molecule has 1 aliphatic rings. The molecule has 0 aliphatic carbocycles. The lowest BCUT2D eigenvalue weighted by atomic mass is 10.1. The van der Waals surface area contributed by atoms with Crippen LogP contribution in [0.5, 0.6) is 0 Å². The van der Waals surface area contributed by atoms with E-state index in [2.05, 4.69) is 10.0 Å². The molecule has 0 bridgehead atoms. The van der Waals surface area contributed by atoms with Crippen molar-refractivity contribution >= 4 is 10.0 Å². The Labute approximate surface area is 125 Å². The fraction of sp³-hybridized carbons (Fsp3) is 0.571. The molecule has 6 nitrogen and oxygen atoms in total. The fourth-order valence-corrected chi connectivity index (χ4v) is 3.38. The quantitative estimate of drug-likeness (QED) is 0.693. The van der Waals surface area contributed by atoms with E-state index in [9.17, 15) is 13.5 Å². The van der Waals surface area contributed by atoms with Crippen LogP contribution < -0.4 is 10.0 Å².